The van der Waals surface area contributed by atoms with Gasteiger partial charge in [0.05, 0.1) is 6.61 Å². The first-order valence-corrected chi connectivity index (χ1v) is 6.44. The lowest BCUT2D eigenvalue weighted by Gasteiger charge is -2.29. The first kappa shape index (κ1) is 15.3. The summed E-state index contributed by atoms with van der Waals surface area (Å²) >= 11 is 0. The maximum Gasteiger partial charge on any atom is 0.327 e. The molecule has 0 aromatic carbocycles. The van der Waals surface area contributed by atoms with E-state index in [0.29, 0.717) is 0 Å². The number of aliphatic hydroxyl groups excluding tert-OH is 1. The summed E-state index contributed by atoms with van der Waals surface area (Å²) in [6, 6.07) is -1.48. The highest BCUT2D eigenvalue weighted by Gasteiger charge is 2.28. The van der Waals surface area contributed by atoms with Gasteiger partial charge < -0.3 is 20.4 Å². The van der Waals surface area contributed by atoms with E-state index in [9.17, 15) is 9.59 Å². The molecule has 1 aliphatic rings. The lowest BCUT2D eigenvalue weighted by atomic mass is 10.2. The number of aliphatic carboxylic acids is 1. The number of amides is 2. The molecular formula is C13H20N2O4. The quantitative estimate of drug-likeness (QED) is 0.609. The Hall–Kier alpha value is -1.74. The standard InChI is InChI=1S/C13H20N2O4/c1-2-5-11(12(17)18)14-13(19)15(8-9-16)10-6-3-4-7-10/h1,10-11,16H,3-9H2,(H,14,19)(H,17,18). The molecule has 1 atom stereocenters. The summed E-state index contributed by atoms with van der Waals surface area (Å²) in [5.74, 6) is 1.08. The maximum atomic E-state index is 12.1. The van der Waals surface area contributed by atoms with Crippen LogP contribution in [0.2, 0.25) is 0 Å². The number of urea groups is 1. The second kappa shape index (κ2) is 7.64. The van der Waals surface area contributed by atoms with Crippen LogP contribution in [0.1, 0.15) is 32.1 Å². The van der Waals surface area contributed by atoms with Gasteiger partial charge in [0, 0.05) is 19.0 Å². The monoisotopic (exact) mass is 268 g/mol. The number of hydrogen-bond acceptors (Lipinski definition) is 3. The van der Waals surface area contributed by atoms with E-state index in [0.717, 1.165) is 25.7 Å². The Morgan fingerprint density at radius 3 is 2.53 bits per heavy atom. The zero-order valence-electron chi connectivity index (χ0n) is 10.8. The molecule has 0 bridgehead atoms. The van der Waals surface area contributed by atoms with E-state index < -0.39 is 18.0 Å². The largest absolute Gasteiger partial charge is 0.480 e. The van der Waals surface area contributed by atoms with Gasteiger partial charge in [0.1, 0.15) is 6.04 Å². The Bertz CT molecular complexity index is 358. The minimum Gasteiger partial charge on any atom is -0.480 e. The van der Waals surface area contributed by atoms with Gasteiger partial charge in [-0.05, 0) is 12.8 Å². The van der Waals surface area contributed by atoms with Crippen LogP contribution in [0.15, 0.2) is 0 Å². The van der Waals surface area contributed by atoms with E-state index in [2.05, 4.69) is 11.2 Å². The average Bonchev–Trinajstić information content (AvgIpc) is 2.88. The molecule has 0 aliphatic heterocycles. The highest BCUT2D eigenvalue weighted by atomic mass is 16.4. The van der Waals surface area contributed by atoms with Gasteiger partial charge in [0.15, 0.2) is 0 Å². The normalized spacial score (nSPS) is 16.6. The average molecular weight is 268 g/mol. The molecule has 6 nitrogen and oxygen atoms in total. The molecule has 1 unspecified atom stereocenters. The molecule has 0 aromatic rings. The van der Waals surface area contributed by atoms with Crippen molar-refractivity contribution in [2.75, 3.05) is 13.2 Å². The smallest absolute Gasteiger partial charge is 0.327 e. The first-order chi connectivity index (χ1) is 9.10. The predicted molar refractivity (Wildman–Crippen MR) is 69.5 cm³/mol. The molecule has 1 saturated carbocycles. The van der Waals surface area contributed by atoms with Gasteiger partial charge in [-0.15, -0.1) is 12.3 Å². The number of rotatable bonds is 6. The van der Waals surface area contributed by atoms with Gasteiger partial charge in [-0.25, -0.2) is 9.59 Å². The van der Waals surface area contributed by atoms with Crippen LogP contribution in [0.25, 0.3) is 0 Å². The van der Waals surface area contributed by atoms with E-state index >= 15 is 0 Å². The molecule has 0 spiro atoms. The van der Waals surface area contributed by atoms with Crippen molar-refractivity contribution in [2.24, 2.45) is 0 Å². The minimum absolute atomic E-state index is 0.0568. The number of carbonyl (C=O) groups excluding carboxylic acids is 1. The van der Waals surface area contributed by atoms with Crippen LogP contribution in [0.5, 0.6) is 0 Å². The number of carboxylic acid groups (broad SMARTS) is 1. The van der Waals surface area contributed by atoms with Crippen LogP contribution >= 0.6 is 0 Å². The fraction of sp³-hybridized carbons (Fsp3) is 0.692. The van der Waals surface area contributed by atoms with E-state index in [1.807, 2.05) is 0 Å². The van der Waals surface area contributed by atoms with Gasteiger partial charge in [-0.3, -0.25) is 0 Å². The fourth-order valence-corrected chi connectivity index (χ4v) is 2.32. The van der Waals surface area contributed by atoms with Gasteiger partial charge in [-0.2, -0.15) is 0 Å². The zero-order chi connectivity index (χ0) is 14.3. The van der Waals surface area contributed by atoms with E-state index in [1.54, 1.807) is 0 Å². The summed E-state index contributed by atoms with van der Waals surface area (Å²) in [7, 11) is 0. The van der Waals surface area contributed by atoms with Gasteiger partial charge >= 0.3 is 12.0 Å². The molecule has 2 amide bonds. The third-order valence-corrected chi connectivity index (χ3v) is 3.29. The van der Waals surface area contributed by atoms with Crippen LogP contribution < -0.4 is 5.32 Å². The van der Waals surface area contributed by atoms with Crippen molar-refractivity contribution in [3.8, 4) is 12.3 Å². The molecule has 1 fully saturated rings. The molecule has 6 heteroatoms. The van der Waals surface area contributed by atoms with Crippen LogP contribution in [0.4, 0.5) is 4.79 Å². The number of carboxylic acids is 1. The number of aliphatic hydroxyl groups is 1. The summed E-state index contributed by atoms with van der Waals surface area (Å²) in [6.07, 6.45) is 8.90. The van der Waals surface area contributed by atoms with E-state index in [4.69, 9.17) is 16.6 Å². The summed E-state index contributed by atoms with van der Waals surface area (Å²) in [5.41, 5.74) is 0. The number of nitrogens with one attached hydrogen (secondary N) is 1. The highest BCUT2D eigenvalue weighted by molar-refractivity contribution is 5.83. The third-order valence-electron chi connectivity index (χ3n) is 3.29. The van der Waals surface area contributed by atoms with Crippen LogP contribution in [-0.2, 0) is 4.79 Å². The van der Waals surface area contributed by atoms with E-state index in [-0.39, 0.29) is 25.6 Å². The van der Waals surface area contributed by atoms with Crippen molar-refractivity contribution in [3.63, 3.8) is 0 Å². The minimum atomic E-state index is -1.15. The number of nitrogens with zero attached hydrogens (tertiary/aromatic N) is 1. The second-order valence-electron chi connectivity index (χ2n) is 4.60. The molecule has 0 radical (unpaired) electrons. The molecule has 19 heavy (non-hydrogen) atoms. The summed E-state index contributed by atoms with van der Waals surface area (Å²) in [4.78, 5) is 24.5. The molecule has 3 N–H and O–H groups in total. The molecule has 0 heterocycles. The molecule has 0 aromatic heterocycles. The Balaban J connectivity index is 2.65. The van der Waals surface area contributed by atoms with Crippen molar-refractivity contribution >= 4 is 12.0 Å². The van der Waals surface area contributed by atoms with Crippen molar-refractivity contribution in [1.82, 2.24) is 10.2 Å². The van der Waals surface area contributed by atoms with Gasteiger partial charge in [0.2, 0.25) is 0 Å². The summed E-state index contributed by atoms with van der Waals surface area (Å²) in [5, 5.41) is 20.4. The van der Waals surface area contributed by atoms with Crippen LogP contribution in [-0.4, -0.2) is 52.3 Å². The van der Waals surface area contributed by atoms with Crippen molar-refractivity contribution in [3.05, 3.63) is 0 Å². The maximum absolute atomic E-state index is 12.1. The lowest BCUT2D eigenvalue weighted by molar-refractivity contribution is -0.139. The third kappa shape index (κ3) is 4.45. The van der Waals surface area contributed by atoms with Crippen molar-refractivity contribution < 1.29 is 19.8 Å². The molecule has 1 rings (SSSR count). The van der Waals surface area contributed by atoms with Crippen LogP contribution in [0, 0.1) is 12.3 Å². The van der Waals surface area contributed by atoms with Crippen LogP contribution in [0.3, 0.4) is 0 Å². The fourth-order valence-electron chi connectivity index (χ4n) is 2.32. The first-order valence-electron chi connectivity index (χ1n) is 6.44. The molecule has 106 valence electrons. The van der Waals surface area contributed by atoms with E-state index in [1.165, 1.54) is 4.90 Å². The second-order valence-corrected chi connectivity index (χ2v) is 4.60. The molecular weight excluding hydrogens is 248 g/mol. The Kier molecular flexibility index (Phi) is 6.16. The van der Waals surface area contributed by atoms with Gasteiger partial charge in [0.25, 0.3) is 0 Å². The predicted octanol–water partition coefficient (Wildman–Crippen LogP) is 0.409. The highest BCUT2D eigenvalue weighted by Crippen LogP contribution is 2.23. The Morgan fingerprint density at radius 1 is 1.42 bits per heavy atom. The number of hydrogen-bond donors (Lipinski definition) is 3. The zero-order valence-corrected chi connectivity index (χ0v) is 10.8. The topological polar surface area (TPSA) is 89.9 Å². The van der Waals surface area contributed by atoms with Crippen molar-refractivity contribution in [2.45, 2.75) is 44.2 Å². The van der Waals surface area contributed by atoms with Crippen molar-refractivity contribution in [1.29, 1.82) is 0 Å². The Morgan fingerprint density at radius 2 is 2.05 bits per heavy atom. The number of terminal acetylenes is 1. The Labute approximate surface area is 112 Å². The molecule has 0 saturated heterocycles. The van der Waals surface area contributed by atoms with Gasteiger partial charge in [-0.1, -0.05) is 12.8 Å². The lowest BCUT2D eigenvalue weighted by Crippen LogP contribution is -2.51. The summed E-state index contributed by atoms with van der Waals surface area (Å²) < 4.78 is 0. The SMILES string of the molecule is C#CCC(NC(=O)N(CCO)C1CCCC1)C(=O)O. The number of carbonyl (C=O) groups is 2. The molecule has 1 aliphatic carbocycles. The summed E-state index contributed by atoms with van der Waals surface area (Å²) in [6.45, 7) is 0.0652.